The fourth-order valence-electron chi connectivity index (χ4n) is 2.83. The molecule has 0 bridgehead atoms. The van der Waals surface area contributed by atoms with Crippen molar-refractivity contribution < 1.29 is 9.50 Å². The van der Waals surface area contributed by atoms with Gasteiger partial charge in [-0.05, 0) is 44.2 Å². The largest absolute Gasteiger partial charge is 0.395 e. The van der Waals surface area contributed by atoms with E-state index in [2.05, 4.69) is 10.2 Å². The van der Waals surface area contributed by atoms with Gasteiger partial charge in [0, 0.05) is 36.4 Å². The van der Waals surface area contributed by atoms with E-state index in [9.17, 15) is 9.50 Å². The third kappa shape index (κ3) is 2.96. The first-order chi connectivity index (χ1) is 9.79. The predicted octanol–water partition coefficient (Wildman–Crippen LogP) is 2.43. The Morgan fingerprint density at radius 3 is 2.65 bits per heavy atom. The highest BCUT2D eigenvalue weighted by molar-refractivity contribution is 5.55. The highest BCUT2D eigenvalue weighted by Crippen LogP contribution is 2.33. The summed E-state index contributed by atoms with van der Waals surface area (Å²) in [6.07, 6.45) is 5.93. The molecule has 0 atom stereocenters. The van der Waals surface area contributed by atoms with Gasteiger partial charge in [0.05, 0.1) is 6.61 Å². The van der Waals surface area contributed by atoms with Gasteiger partial charge in [0.1, 0.15) is 5.82 Å². The Labute approximate surface area is 119 Å². The van der Waals surface area contributed by atoms with Crippen LogP contribution in [0.1, 0.15) is 37.7 Å². The summed E-state index contributed by atoms with van der Waals surface area (Å²) in [7, 11) is 0. The van der Waals surface area contributed by atoms with E-state index in [-0.39, 0.29) is 12.4 Å². The van der Waals surface area contributed by atoms with Crippen LogP contribution in [0.4, 0.5) is 10.1 Å². The number of hydrogen-bond donors (Lipinski definition) is 2. The molecule has 4 heteroatoms. The summed E-state index contributed by atoms with van der Waals surface area (Å²) in [5, 5.41) is 12.7. The lowest BCUT2D eigenvalue weighted by Crippen LogP contribution is -2.42. The van der Waals surface area contributed by atoms with Crippen LogP contribution >= 0.6 is 0 Å². The van der Waals surface area contributed by atoms with E-state index < -0.39 is 0 Å². The van der Waals surface area contributed by atoms with Gasteiger partial charge in [-0.3, -0.25) is 0 Å². The molecule has 0 unspecified atom stereocenters. The quantitative estimate of drug-likeness (QED) is 0.804. The smallest absolute Gasteiger partial charge is 0.129 e. The van der Waals surface area contributed by atoms with E-state index in [0.29, 0.717) is 25.2 Å². The summed E-state index contributed by atoms with van der Waals surface area (Å²) < 4.78 is 14.2. The molecule has 2 aliphatic rings. The molecule has 0 saturated heterocycles. The summed E-state index contributed by atoms with van der Waals surface area (Å²) >= 11 is 0. The van der Waals surface area contributed by atoms with Gasteiger partial charge >= 0.3 is 0 Å². The Morgan fingerprint density at radius 1 is 1.25 bits per heavy atom. The molecule has 0 spiro atoms. The molecule has 3 nitrogen and oxygen atoms in total. The van der Waals surface area contributed by atoms with Gasteiger partial charge in [-0.1, -0.05) is 6.07 Å². The molecule has 110 valence electrons. The molecule has 0 amide bonds. The van der Waals surface area contributed by atoms with Crippen LogP contribution in [0.15, 0.2) is 18.2 Å². The highest BCUT2D eigenvalue weighted by atomic mass is 19.1. The molecule has 0 heterocycles. The van der Waals surface area contributed by atoms with Crippen molar-refractivity contribution in [3.05, 3.63) is 29.6 Å². The van der Waals surface area contributed by atoms with Crippen LogP contribution in [0.3, 0.4) is 0 Å². The topological polar surface area (TPSA) is 35.5 Å². The first-order valence-electron chi connectivity index (χ1n) is 7.68. The number of aliphatic hydroxyl groups excluding tert-OH is 1. The van der Waals surface area contributed by atoms with Gasteiger partial charge in [0.2, 0.25) is 0 Å². The number of rotatable bonds is 7. The summed E-state index contributed by atoms with van der Waals surface area (Å²) in [5.74, 6) is -0.141. The third-order valence-corrected chi connectivity index (χ3v) is 4.40. The van der Waals surface area contributed by atoms with Crippen LogP contribution in [-0.2, 0) is 6.54 Å². The van der Waals surface area contributed by atoms with Gasteiger partial charge in [-0.25, -0.2) is 4.39 Å². The normalized spacial score (nSPS) is 18.9. The lowest BCUT2D eigenvalue weighted by Gasteiger charge is -2.40. The molecular weight excluding hydrogens is 255 g/mol. The van der Waals surface area contributed by atoms with Gasteiger partial charge in [0.15, 0.2) is 0 Å². The van der Waals surface area contributed by atoms with Crippen LogP contribution in [0.2, 0.25) is 0 Å². The van der Waals surface area contributed by atoms with Gasteiger partial charge in [-0.15, -0.1) is 0 Å². The van der Waals surface area contributed by atoms with Crippen molar-refractivity contribution >= 4 is 5.69 Å². The van der Waals surface area contributed by atoms with Crippen molar-refractivity contribution in [3.63, 3.8) is 0 Å². The van der Waals surface area contributed by atoms with E-state index in [1.807, 2.05) is 6.07 Å². The zero-order chi connectivity index (χ0) is 13.9. The van der Waals surface area contributed by atoms with Crippen molar-refractivity contribution in [2.45, 2.75) is 50.7 Å². The first-order valence-corrected chi connectivity index (χ1v) is 7.68. The van der Waals surface area contributed by atoms with E-state index >= 15 is 0 Å². The van der Waals surface area contributed by atoms with Crippen LogP contribution in [0.25, 0.3) is 0 Å². The molecule has 2 saturated carbocycles. The maximum atomic E-state index is 14.2. The van der Waals surface area contributed by atoms with Crippen molar-refractivity contribution in [2.75, 3.05) is 18.1 Å². The van der Waals surface area contributed by atoms with E-state index in [4.69, 9.17) is 0 Å². The molecule has 2 fully saturated rings. The van der Waals surface area contributed by atoms with E-state index in [1.54, 1.807) is 6.07 Å². The second kappa shape index (κ2) is 6.10. The van der Waals surface area contributed by atoms with Crippen molar-refractivity contribution in [1.29, 1.82) is 0 Å². The van der Waals surface area contributed by atoms with E-state index in [0.717, 1.165) is 24.1 Å². The fraction of sp³-hybridized carbons (Fsp3) is 0.625. The maximum absolute atomic E-state index is 14.2. The minimum Gasteiger partial charge on any atom is -0.395 e. The summed E-state index contributed by atoms with van der Waals surface area (Å²) in [4.78, 5) is 2.19. The number of hydrogen-bond acceptors (Lipinski definition) is 3. The fourth-order valence-corrected chi connectivity index (χ4v) is 2.83. The number of benzene rings is 1. The Kier molecular flexibility index (Phi) is 4.22. The monoisotopic (exact) mass is 278 g/mol. The first kappa shape index (κ1) is 13.8. The third-order valence-electron chi connectivity index (χ3n) is 4.40. The van der Waals surface area contributed by atoms with Crippen LogP contribution in [0.5, 0.6) is 0 Å². The molecule has 0 radical (unpaired) electrons. The van der Waals surface area contributed by atoms with E-state index in [1.165, 1.54) is 25.3 Å². The Balaban J connectivity index is 1.82. The van der Waals surface area contributed by atoms with Crippen molar-refractivity contribution in [2.24, 2.45) is 0 Å². The SMILES string of the molecule is OCCN(c1cccc(F)c1CNC1CC1)C1CCC1. The molecule has 0 aliphatic heterocycles. The standard InChI is InChI=1S/C16H23FN2O/c17-15-5-2-6-16(14(15)11-18-12-7-8-12)19(9-10-20)13-3-1-4-13/h2,5-6,12-13,18,20H,1,3-4,7-11H2. The molecule has 20 heavy (non-hydrogen) atoms. The zero-order valence-corrected chi connectivity index (χ0v) is 11.8. The Hall–Kier alpha value is -1.13. The second-order valence-corrected chi connectivity index (χ2v) is 5.89. The lowest BCUT2D eigenvalue weighted by atomic mass is 9.90. The van der Waals surface area contributed by atoms with Crippen molar-refractivity contribution in [3.8, 4) is 0 Å². The maximum Gasteiger partial charge on any atom is 0.129 e. The molecule has 0 aromatic heterocycles. The van der Waals surface area contributed by atoms with Crippen molar-refractivity contribution in [1.82, 2.24) is 5.32 Å². The average Bonchev–Trinajstić information content (AvgIpc) is 3.18. The minimum atomic E-state index is -0.141. The molecule has 1 aromatic carbocycles. The Bertz CT molecular complexity index is 458. The zero-order valence-electron chi connectivity index (χ0n) is 11.8. The molecule has 1 aromatic rings. The predicted molar refractivity (Wildman–Crippen MR) is 78.3 cm³/mol. The number of anilines is 1. The number of nitrogens with one attached hydrogen (secondary N) is 1. The number of nitrogens with zero attached hydrogens (tertiary/aromatic N) is 1. The van der Waals surface area contributed by atoms with Crippen LogP contribution in [-0.4, -0.2) is 30.3 Å². The highest BCUT2D eigenvalue weighted by Gasteiger charge is 2.28. The van der Waals surface area contributed by atoms with Gasteiger partial charge < -0.3 is 15.3 Å². The average molecular weight is 278 g/mol. The summed E-state index contributed by atoms with van der Waals surface area (Å²) in [6.45, 7) is 1.29. The number of halogens is 1. The second-order valence-electron chi connectivity index (χ2n) is 5.89. The summed E-state index contributed by atoms with van der Waals surface area (Å²) in [6, 6.07) is 6.32. The summed E-state index contributed by atoms with van der Waals surface area (Å²) in [5.41, 5.74) is 1.71. The minimum absolute atomic E-state index is 0.114. The Morgan fingerprint density at radius 2 is 2.05 bits per heavy atom. The van der Waals surface area contributed by atoms with Crippen LogP contribution in [0, 0.1) is 5.82 Å². The molecule has 2 aliphatic carbocycles. The van der Waals surface area contributed by atoms with Gasteiger partial charge in [-0.2, -0.15) is 0 Å². The number of aliphatic hydroxyl groups is 1. The van der Waals surface area contributed by atoms with Gasteiger partial charge in [0.25, 0.3) is 0 Å². The lowest BCUT2D eigenvalue weighted by molar-refractivity contribution is 0.283. The molecule has 2 N–H and O–H groups in total. The molecular formula is C16H23FN2O. The molecule has 3 rings (SSSR count). The van der Waals surface area contributed by atoms with Crippen LogP contribution < -0.4 is 10.2 Å².